The molecule has 1 aliphatic rings. The molecule has 0 N–H and O–H groups in total. The lowest BCUT2D eigenvalue weighted by atomic mass is 9.84. The van der Waals surface area contributed by atoms with E-state index in [1.54, 1.807) is 6.92 Å². The van der Waals surface area contributed by atoms with E-state index in [2.05, 4.69) is 17.1 Å². The van der Waals surface area contributed by atoms with Crippen molar-refractivity contribution in [1.82, 2.24) is 15.2 Å². The molecule has 0 radical (unpaired) electrons. The van der Waals surface area contributed by atoms with Gasteiger partial charge in [0, 0.05) is 16.6 Å². The molecular formula is C25H23N3O3. The first kappa shape index (κ1) is 19.4. The lowest BCUT2D eigenvalue weighted by Crippen LogP contribution is -2.20. The second-order valence-corrected chi connectivity index (χ2v) is 8.14. The van der Waals surface area contributed by atoms with Crippen LogP contribution in [0.3, 0.4) is 0 Å². The first-order valence-corrected chi connectivity index (χ1v) is 10.6. The zero-order valence-electron chi connectivity index (χ0n) is 17.5. The number of para-hydroxylation sites is 1. The molecule has 0 amide bonds. The number of esters is 1. The van der Waals surface area contributed by atoms with Gasteiger partial charge in [0.15, 0.2) is 6.10 Å². The number of carbonyl (C=O) groups is 1. The number of hydrogen-bond donors (Lipinski definition) is 0. The number of carbonyl (C=O) groups excluding carboxylic acids is 1. The van der Waals surface area contributed by atoms with Crippen molar-refractivity contribution >= 4 is 16.9 Å². The maximum atomic E-state index is 13.4. The van der Waals surface area contributed by atoms with Gasteiger partial charge in [0.1, 0.15) is 0 Å². The molecule has 2 heterocycles. The Morgan fingerprint density at radius 3 is 2.71 bits per heavy atom. The van der Waals surface area contributed by atoms with Crippen LogP contribution in [0.5, 0.6) is 0 Å². The lowest BCUT2D eigenvalue weighted by Gasteiger charge is -2.24. The summed E-state index contributed by atoms with van der Waals surface area (Å²) in [6.45, 7) is 3.96. The molecule has 2 atom stereocenters. The van der Waals surface area contributed by atoms with Crippen molar-refractivity contribution < 1.29 is 13.9 Å². The van der Waals surface area contributed by atoms with Crippen LogP contribution in [0.25, 0.3) is 22.4 Å². The Kier molecular flexibility index (Phi) is 4.98. The minimum Gasteiger partial charge on any atom is -0.449 e. The van der Waals surface area contributed by atoms with E-state index in [4.69, 9.17) is 14.1 Å². The highest BCUT2D eigenvalue weighted by Gasteiger charge is 2.28. The first-order chi connectivity index (χ1) is 15.1. The zero-order valence-corrected chi connectivity index (χ0v) is 17.5. The Hall–Kier alpha value is -3.54. The number of hydrogen-bond acceptors (Lipinski definition) is 6. The van der Waals surface area contributed by atoms with Crippen molar-refractivity contribution in [1.29, 1.82) is 0 Å². The summed E-state index contributed by atoms with van der Waals surface area (Å²) in [5.41, 5.74) is 4.26. The van der Waals surface area contributed by atoms with Gasteiger partial charge in [-0.25, -0.2) is 4.79 Å². The largest absolute Gasteiger partial charge is 0.449 e. The van der Waals surface area contributed by atoms with Gasteiger partial charge in [-0.3, -0.25) is 4.98 Å². The van der Waals surface area contributed by atoms with Gasteiger partial charge in [-0.05, 0) is 55.9 Å². The summed E-state index contributed by atoms with van der Waals surface area (Å²) in [7, 11) is 0. The van der Waals surface area contributed by atoms with Gasteiger partial charge in [0.25, 0.3) is 5.89 Å². The summed E-state index contributed by atoms with van der Waals surface area (Å²) < 4.78 is 11.6. The predicted octanol–water partition coefficient (Wildman–Crippen LogP) is 5.33. The number of pyridine rings is 1. The molecule has 0 fully saturated rings. The van der Waals surface area contributed by atoms with Crippen molar-refractivity contribution in [3.63, 3.8) is 0 Å². The highest BCUT2D eigenvalue weighted by molar-refractivity contribution is 6.05. The monoisotopic (exact) mass is 413 g/mol. The minimum atomic E-state index is -0.666. The average molecular weight is 413 g/mol. The van der Waals surface area contributed by atoms with Gasteiger partial charge in [-0.2, -0.15) is 0 Å². The maximum absolute atomic E-state index is 13.4. The topological polar surface area (TPSA) is 78.1 Å². The average Bonchev–Trinajstić information content (AvgIpc) is 3.28. The molecule has 0 saturated carbocycles. The third-order valence-corrected chi connectivity index (χ3v) is 5.80. The molecule has 4 aromatic rings. The van der Waals surface area contributed by atoms with E-state index in [0.29, 0.717) is 17.4 Å². The number of aryl methyl sites for hydroxylation is 1. The van der Waals surface area contributed by atoms with Crippen LogP contribution in [0, 0.1) is 5.92 Å². The SMILES string of the molecule is C[C@H]1CCc2nc3ccccc3c(C(=O)O[C@H](C)c3nnc(-c4ccccc4)o3)c2C1. The highest BCUT2D eigenvalue weighted by Crippen LogP contribution is 2.33. The number of ether oxygens (including phenoxy) is 1. The second-order valence-electron chi connectivity index (χ2n) is 8.14. The Morgan fingerprint density at radius 2 is 1.87 bits per heavy atom. The highest BCUT2D eigenvalue weighted by atomic mass is 16.6. The van der Waals surface area contributed by atoms with Crippen molar-refractivity contribution in [3.8, 4) is 11.5 Å². The Balaban J connectivity index is 1.47. The number of benzene rings is 2. The van der Waals surface area contributed by atoms with Gasteiger partial charge in [0.05, 0.1) is 11.1 Å². The van der Waals surface area contributed by atoms with E-state index in [-0.39, 0.29) is 11.9 Å². The number of aromatic nitrogens is 3. The van der Waals surface area contributed by atoms with Crippen LogP contribution in [0.4, 0.5) is 0 Å². The molecule has 31 heavy (non-hydrogen) atoms. The third kappa shape index (κ3) is 3.69. The Bertz CT molecular complexity index is 1250. The van der Waals surface area contributed by atoms with Crippen LogP contribution >= 0.6 is 0 Å². The quantitative estimate of drug-likeness (QED) is 0.421. The van der Waals surface area contributed by atoms with Crippen molar-refractivity contribution in [2.24, 2.45) is 5.92 Å². The molecule has 6 heteroatoms. The van der Waals surface area contributed by atoms with Crippen LogP contribution in [0.1, 0.15) is 53.9 Å². The van der Waals surface area contributed by atoms with Gasteiger partial charge >= 0.3 is 5.97 Å². The summed E-state index contributed by atoms with van der Waals surface area (Å²) in [5, 5.41) is 9.02. The number of rotatable bonds is 4. The lowest BCUT2D eigenvalue weighted by molar-refractivity contribution is 0.0280. The zero-order chi connectivity index (χ0) is 21.4. The fourth-order valence-corrected chi connectivity index (χ4v) is 4.16. The smallest absolute Gasteiger partial charge is 0.339 e. The van der Waals surface area contributed by atoms with E-state index in [1.807, 2.05) is 54.6 Å². The number of fused-ring (bicyclic) bond motifs is 2. The summed E-state index contributed by atoms with van der Waals surface area (Å²) in [6.07, 6.45) is 2.11. The van der Waals surface area contributed by atoms with Crippen LogP contribution in [0.2, 0.25) is 0 Å². The molecule has 6 nitrogen and oxygen atoms in total. The Labute approximate surface area is 180 Å². The fraction of sp³-hybridized carbons (Fsp3) is 0.280. The summed E-state index contributed by atoms with van der Waals surface area (Å²) in [4.78, 5) is 18.2. The molecule has 0 unspecified atom stereocenters. The van der Waals surface area contributed by atoms with E-state index in [0.717, 1.165) is 47.0 Å². The van der Waals surface area contributed by atoms with Gasteiger partial charge in [-0.1, -0.05) is 43.3 Å². The molecule has 5 rings (SSSR count). The third-order valence-electron chi connectivity index (χ3n) is 5.80. The summed E-state index contributed by atoms with van der Waals surface area (Å²) in [5.74, 6) is 0.798. The second kappa shape index (κ2) is 7.95. The molecule has 0 aliphatic heterocycles. The maximum Gasteiger partial charge on any atom is 0.339 e. The molecule has 2 aromatic carbocycles. The predicted molar refractivity (Wildman–Crippen MR) is 116 cm³/mol. The summed E-state index contributed by atoms with van der Waals surface area (Å²) in [6, 6.07) is 17.3. The van der Waals surface area contributed by atoms with E-state index in [1.165, 1.54) is 0 Å². The molecule has 0 saturated heterocycles. The van der Waals surface area contributed by atoms with Crippen LogP contribution in [0.15, 0.2) is 59.0 Å². The fourth-order valence-electron chi connectivity index (χ4n) is 4.16. The van der Waals surface area contributed by atoms with Crippen molar-refractivity contribution in [3.05, 3.63) is 77.3 Å². The van der Waals surface area contributed by atoms with Crippen LogP contribution in [-0.2, 0) is 17.6 Å². The van der Waals surface area contributed by atoms with Gasteiger partial charge in [0.2, 0.25) is 5.89 Å². The molecular weight excluding hydrogens is 390 g/mol. The van der Waals surface area contributed by atoms with Crippen LogP contribution < -0.4 is 0 Å². The van der Waals surface area contributed by atoms with Gasteiger partial charge in [-0.15, -0.1) is 10.2 Å². The molecule has 0 bridgehead atoms. The van der Waals surface area contributed by atoms with Crippen LogP contribution in [-0.4, -0.2) is 21.2 Å². The normalized spacial score (nSPS) is 16.6. The molecule has 156 valence electrons. The molecule has 2 aromatic heterocycles. The molecule has 1 aliphatic carbocycles. The van der Waals surface area contributed by atoms with Gasteiger partial charge < -0.3 is 9.15 Å². The Morgan fingerprint density at radius 1 is 1.10 bits per heavy atom. The molecule has 0 spiro atoms. The van der Waals surface area contributed by atoms with E-state index >= 15 is 0 Å². The van der Waals surface area contributed by atoms with E-state index in [9.17, 15) is 4.79 Å². The minimum absolute atomic E-state index is 0.271. The first-order valence-electron chi connectivity index (χ1n) is 10.6. The number of nitrogens with zero attached hydrogens (tertiary/aromatic N) is 3. The van der Waals surface area contributed by atoms with E-state index < -0.39 is 6.10 Å². The van der Waals surface area contributed by atoms with Crippen molar-refractivity contribution in [2.45, 2.75) is 39.2 Å². The van der Waals surface area contributed by atoms with Crippen molar-refractivity contribution in [2.75, 3.05) is 0 Å². The standard InChI is InChI=1S/C25H23N3O3/c1-15-12-13-21-19(14-15)22(18-10-6-7-11-20(18)26-21)25(29)30-16(2)23-27-28-24(31-23)17-8-4-3-5-9-17/h3-11,15-16H,12-14H2,1-2H3/t15-,16+/m0/s1. The summed E-state index contributed by atoms with van der Waals surface area (Å²) >= 11 is 0.